The first kappa shape index (κ1) is 12.5. The lowest BCUT2D eigenvalue weighted by atomic mass is 10.2. The van der Waals surface area contributed by atoms with Crippen molar-refractivity contribution in [1.29, 1.82) is 0 Å². The number of Topliss-reactive ketones (excluding diaryl/α,β-unsaturated/α-hetero) is 1. The quantitative estimate of drug-likeness (QED) is 0.800. The lowest BCUT2D eigenvalue weighted by Gasteiger charge is -2.13. The molecular formula is C11H11F3O2. The fourth-order valence-electron chi connectivity index (χ4n) is 1.03. The molecule has 0 aliphatic rings. The normalized spacial score (nSPS) is 13.3. The average molecular weight is 232 g/mol. The molecule has 0 heterocycles. The summed E-state index contributed by atoms with van der Waals surface area (Å²) in [4.78, 5) is 10.9. The van der Waals surface area contributed by atoms with Crippen LogP contribution in [-0.2, 0) is 11.0 Å². The van der Waals surface area contributed by atoms with Crippen LogP contribution in [0.5, 0.6) is 5.75 Å². The second-order valence-electron chi connectivity index (χ2n) is 3.40. The molecule has 1 unspecified atom stereocenters. The van der Waals surface area contributed by atoms with Crippen LogP contribution in [0.4, 0.5) is 13.2 Å². The number of hydrogen-bond donors (Lipinski definition) is 0. The van der Waals surface area contributed by atoms with Crippen molar-refractivity contribution in [3.63, 3.8) is 0 Å². The Bertz CT molecular complexity index is 385. The third-order valence-electron chi connectivity index (χ3n) is 2.05. The molecule has 0 radical (unpaired) electrons. The second-order valence-corrected chi connectivity index (χ2v) is 3.40. The van der Waals surface area contributed by atoms with Gasteiger partial charge in [-0.05, 0) is 32.0 Å². The van der Waals surface area contributed by atoms with E-state index in [1.165, 1.54) is 26.0 Å². The summed E-state index contributed by atoms with van der Waals surface area (Å²) in [5, 5.41) is 0. The highest BCUT2D eigenvalue weighted by molar-refractivity contribution is 5.80. The molecular weight excluding hydrogens is 221 g/mol. The fraction of sp³-hybridized carbons (Fsp3) is 0.364. The van der Waals surface area contributed by atoms with Gasteiger partial charge in [-0.1, -0.05) is 6.07 Å². The standard InChI is InChI=1S/C11H11F3O2/c1-7(15)8(2)16-10-5-3-4-9(6-10)11(12,13)14/h3-6,8H,1-2H3. The van der Waals surface area contributed by atoms with Crippen LogP contribution in [0.3, 0.4) is 0 Å². The van der Waals surface area contributed by atoms with Crippen LogP contribution >= 0.6 is 0 Å². The molecule has 0 aliphatic heterocycles. The van der Waals surface area contributed by atoms with Crippen LogP contribution in [0, 0.1) is 0 Å². The van der Waals surface area contributed by atoms with Gasteiger partial charge >= 0.3 is 6.18 Å². The molecule has 0 amide bonds. The third-order valence-corrected chi connectivity index (χ3v) is 2.05. The first-order chi connectivity index (χ1) is 7.30. The Labute approximate surface area is 91.0 Å². The van der Waals surface area contributed by atoms with Gasteiger partial charge < -0.3 is 4.74 Å². The molecule has 1 atom stereocenters. The zero-order chi connectivity index (χ0) is 12.3. The van der Waals surface area contributed by atoms with Crippen molar-refractivity contribution in [3.05, 3.63) is 29.8 Å². The van der Waals surface area contributed by atoms with Crippen LogP contribution in [-0.4, -0.2) is 11.9 Å². The van der Waals surface area contributed by atoms with Crippen molar-refractivity contribution < 1.29 is 22.7 Å². The zero-order valence-corrected chi connectivity index (χ0v) is 8.84. The van der Waals surface area contributed by atoms with E-state index in [4.69, 9.17) is 4.74 Å². The summed E-state index contributed by atoms with van der Waals surface area (Å²) in [5.41, 5.74) is -0.791. The van der Waals surface area contributed by atoms with Crippen LogP contribution in [0.2, 0.25) is 0 Å². The maximum absolute atomic E-state index is 12.3. The molecule has 1 aromatic carbocycles. The molecule has 0 saturated carbocycles. The van der Waals surface area contributed by atoms with E-state index in [9.17, 15) is 18.0 Å². The molecule has 1 rings (SSSR count). The van der Waals surface area contributed by atoms with E-state index in [-0.39, 0.29) is 11.5 Å². The van der Waals surface area contributed by atoms with Crippen molar-refractivity contribution in [2.75, 3.05) is 0 Å². The SMILES string of the molecule is CC(=O)C(C)Oc1cccc(C(F)(F)F)c1. The summed E-state index contributed by atoms with van der Waals surface area (Å²) < 4.78 is 42.1. The first-order valence-corrected chi connectivity index (χ1v) is 4.65. The Kier molecular flexibility index (Phi) is 3.57. The molecule has 0 bridgehead atoms. The van der Waals surface area contributed by atoms with Crippen molar-refractivity contribution in [2.24, 2.45) is 0 Å². The smallest absolute Gasteiger partial charge is 0.416 e. The topological polar surface area (TPSA) is 26.3 Å². The van der Waals surface area contributed by atoms with Crippen molar-refractivity contribution >= 4 is 5.78 Å². The maximum Gasteiger partial charge on any atom is 0.416 e. The molecule has 0 aromatic heterocycles. The number of hydrogen-bond acceptors (Lipinski definition) is 2. The molecule has 16 heavy (non-hydrogen) atoms. The van der Waals surface area contributed by atoms with Crippen LogP contribution in [0.25, 0.3) is 0 Å². The van der Waals surface area contributed by atoms with Gasteiger partial charge in [0.25, 0.3) is 0 Å². The number of carbonyl (C=O) groups excluding carboxylic acids is 1. The molecule has 0 aliphatic carbocycles. The summed E-state index contributed by atoms with van der Waals surface area (Å²) in [6.07, 6.45) is -5.15. The molecule has 88 valence electrons. The van der Waals surface area contributed by atoms with Crippen LogP contribution in [0.1, 0.15) is 19.4 Å². The third kappa shape index (κ3) is 3.25. The highest BCUT2D eigenvalue weighted by Crippen LogP contribution is 2.31. The summed E-state index contributed by atoms with van der Waals surface area (Å²) in [7, 11) is 0. The minimum absolute atomic E-state index is 0.0394. The van der Waals surface area contributed by atoms with Crippen molar-refractivity contribution in [1.82, 2.24) is 0 Å². The number of ketones is 1. The highest BCUT2D eigenvalue weighted by atomic mass is 19.4. The molecule has 0 N–H and O–H groups in total. The molecule has 1 aromatic rings. The Hall–Kier alpha value is -1.52. The predicted octanol–water partition coefficient (Wildman–Crippen LogP) is 3.06. The number of alkyl halides is 3. The number of ether oxygens (including phenoxy) is 1. The molecule has 0 saturated heterocycles. The number of carbonyl (C=O) groups is 1. The number of benzene rings is 1. The molecule has 0 fully saturated rings. The van der Waals surface area contributed by atoms with E-state index < -0.39 is 17.8 Å². The number of halogens is 3. The van der Waals surface area contributed by atoms with E-state index in [0.717, 1.165) is 12.1 Å². The minimum Gasteiger partial charge on any atom is -0.483 e. The van der Waals surface area contributed by atoms with Gasteiger partial charge in [0.15, 0.2) is 11.9 Å². The Morgan fingerprint density at radius 2 is 2.00 bits per heavy atom. The highest BCUT2D eigenvalue weighted by Gasteiger charge is 2.30. The van der Waals surface area contributed by atoms with Gasteiger partial charge in [0.1, 0.15) is 5.75 Å². The van der Waals surface area contributed by atoms with Crippen molar-refractivity contribution in [3.8, 4) is 5.75 Å². The van der Waals surface area contributed by atoms with Gasteiger partial charge in [-0.25, -0.2) is 0 Å². The molecule has 0 spiro atoms. The summed E-state index contributed by atoms with van der Waals surface area (Å²) in [6, 6.07) is 4.45. The Morgan fingerprint density at radius 3 is 2.50 bits per heavy atom. The first-order valence-electron chi connectivity index (χ1n) is 4.65. The van der Waals surface area contributed by atoms with Gasteiger partial charge in [-0.3, -0.25) is 4.79 Å². The Morgan fingerprint density at radius 1 is 1.38 bits per heavy atom. The van der Waals surface area contributed by atoms with Crippen LogP contribution < -0.4 is 4.74 Å². The molecule has 5 heteroatoms. The summed E-state index contributed by atoms with van der Waals surface area (Å²) in [5.74, 6) is -0.199. The lowest BCUT2D eigenvalue weighted by Crippen LogP contribution is -2.20. The zero-order valence-electron chi connectivity index (χ0n) is 8.84. The van der Waals surface area contributed by atoms with Gasteiger partial charge in [0.05, 0.1) is 5.56 Å². The van der Waals surface area contributed by atoms with E-state index in [0.29, 0.717) is 0 Å². The van der Waals surface area contributed by atoms with E-state index >= 15 is 0 Å². The van der Waals surface area contributed by atoms with Crippen LogP contribution in [0.15, 0.2) is 24.3 Å². The Balaban J connectivity index is 2.87. The predicted molar refractivity (Wildman–Crippen MR) is 52.2 cm³/mol. The monoisotopic (exact) mass is 232 g/mol. The number of rotatable bonds is 3. The maximum atomic E-state index is 12.3. The summed E-state index contributed by atoms with van der Waals surface area (Å²) in [6.45, 7) is 2.81. The second kappa shape index (κ2) is 4.55. The largest absolute Gasteiger partial charge is 0.483 e. The minimum atomic E-state index is -4.40. The van der Waals surface area contributed by atoms with Gasteiger partial charge in [0.2, 0.25) is 0 Å². The van der Waals surface area contributed by atoms with Gasteiger partial charge in [-0.2, -0.15) is 13.2 Å². The average Bonchev–Trinajstić information content (AvgIpc) is 2.16. The fourth-order valence-corrected chi connectivity index (χ4v) is 1.03. The lowest BCUT2D eigenvalue weighted by molar-refractivity contribution is -0.137. The van der Waals surface area contributed by atoms with E-state index in [2.05, 4.69) is 0 Å². The van der Waals surface area contributed by atoms with E-state index in [1.807, 2.05) is 0 Å². The van der Waals surface area contributed by atoms with Gasteiger partial charge in [0, 0.05) is 0 Å². The molecule has 2 nitrogen and oxygen atoms in total. The van der Waals surface area contributed by atoms with Gasteiger partial charge in [-0.15, -0.1) is 0 Å². The van der Waals surface area contributed by atoms with Crippen molar-refractivity contribution in [2.45, 2.75) is 26.1 Å². The van der Waals surface area contributed by atoms with E-state index in [1.54, 1.807) is 0 Å². The summed E-state index contributed by atoms with van der Waals surface area (Å²) >= 11 is 0.